The van der Waals surface area contributed by atoms with Crippen LogP contribution in [0.15, 0.2) is 6.33 Å². The van der Waals surface area contributed by atoms with Crippen LogP contribution in [0.2, 0.25) is 0 Å². The molecule has 1 aromatic heterocycles. The van der Waals surface area contributed by atoms with Gasteiger partial charge < -0.3 is 10.6 Å². The number of anilines is 2. The van der Waals surface area contributed by atoms with Crippen molar-refractivity contribution >= 4 is 11.6 Å². The van der Waals surface area contributed by atoms with E-state index in [4.69, 9.17) is 0 Å². The highest BCUT2D eigenvalue weighted by Crippen LogP contribution is 2.28. The Morgan fingerprint density at radius 1 is 1.10 bits per heavy atom. The molecule has 2 heterocycles. The van der Waals surface area contributed by atoms with Crippen molar-refractivity contribution in [3.63, 3.8) is 0 Å². The summed E-state index contributed by atoms with van der Waals surface area (Å²) in [7, 11) is 1.91. The van der Waals surface area contributed by atoms with Crippen LogP contribution in [0.1, 0.15) is 51.5 Å². The van der Waals surface area contributed by atoms with Crippen LogP contribution in [0.25, 0.3) is 0 Å². The van der Waals surface area contributed by atoms with Crippen molar-refractivity contribution in [2.24, 2.45) is 0 Å². The smallest absolute Gasteiger partial charge is 0.135 e. The third kappa shape index (κ3) is 4.06. The summed E-state index contributed by atoms with van der Waals surface area (Å²) in [6.07, 6.45) is 5.68. The fraction of sp³-hybridized carbons (Fsp3) is 0.750. The summed E-state index contributed by atoms with van der Waals surface area (Å²) in [6, 6.07) is 0.540. The number of likely N-dealkylation sites (tertiary alicyclic amines) is 1. The van der Waals surface area contributed by atoms with Crippen LogP contribution in [0.4, 0.5) is 11.6 Å². The first-order chi connectivity index (χ1) is 10.1. The first kappa shape index (κ1) is 16.0. The molecule has 1 saturated heterocycles. The van der Waals surface area contributed by atoms with E-state index in [1.807, 2.05) is 7.05 Å². The molecule has 1 aliphatic heterocycles. The van der Waals surface area contributed by atoms with Crippen LogP contribution >= 0.6 is 0 Å². The maximum Gasteiger partial charge on any atom is 0.135 e. The highest BCUT2D eigenvalue weighted by Gasteiger charge is 2.18. The van der Waals surface area contributed by atoms with Crippen molar-refractivity contribution in [3.05, 3.63) is 11.9 Å². The first-order valence-corrected chi connectivity index (χ1v) is 8.14. The van der Waals surface area contributed by atoms with Gasteiger partial charge in [0.05, 0.1) is 0 Å². The lowest BCUT2D eigenvalue weighted by Crippen LogP contribution is -2.41. The second-order valence-electron chi connectivity index (χ2n) is 6.22. The van der Waals surface area contributed by atoms with E-state index in [1.165, 1.54) is 37.9 Å². The number of hydrogen-bond donors (Lipinski definition) is 2. The van der Waals surface area contributed by atoms with Gasteiger partial charge in [-0.3, -0.25) is 4.90 Å². The Kier molecular flexibility index (Phi) is 5.79. The lowest BCUT2D eigenvalue weighted by atomic mass is 10.0. The monoisotopic (exact) mass is 291 g/mol. The van der Waals surface area contributed by atoms with E-state index < -0.39 is 0 Å². The van der Waals surface area contributed by atoms with Gasteiger partial charge >= 0.3 is 0 Å². The largest absolute Gasteiger partial charge is 0.373 e. The topological polar surface area (TPSA) is 53.1 Å². The summed E-state index contributed by atoms with van der Waals surface area (Å²) in [5.74, 6) is 2.28. The maximum absolute atomic E-state index is 4.44. The van der Waals surface area contributed by atoms with Crippen molar-refractivity contribution in [1.82, 2.24) is 14.9 Å². The molecule has 0 radical (unpaired) electrons. The van der Waals surface area contributed by atoms with Gasteiger partial charge in [-0.2, -0.15) is 0 Å². The Labute approximate surface area is 128 Å². The van der Waals surface area contributed by atoms with Crippen molar-refractivity contribution in [2.45, 2.75) is 52.0 Å². The molecule has 0 bridgehead atoms. The van der Waals surface area contributed by atoms with E-state index in [0.29, 0.717) is 12.0 Å². The minimum atomic E-state index is 0.390. The van der Waals surface area contributed by atoms with Crippen LogP contribution in [0.5, 0.6) is 0 Å². The molecule has 0 saturated carbocycles. The van der Waals surface area contributed by atoms with E-state index in [-0.39, 0.29) is 0 Å². The van der Waals surface area contributed by atoms with E-state index in [1.54, 1.807) is 6.33 Å². The number of nitrogens with one attached hydrogen (secondary N) is 2. The molecule has 1 atom stereocenters. The number of nitrogens with zero attached hydrogens (tertiary/aromatic N) is 3. The zero-order valence-corrected chi connectivity index (χ0v) is 13.8. The Bertz CT molecular complexity index is 440. The number of rotatable bonds is 6. The number of hydrogen-bond acceptors (Lipinski definition) is 5. The molecule has 0 amide bonds. The minimum absolute atomic E-state index is 0.390. The zero-order valence-electron chi connectivity index (χ0n) is 13.8. The summed E-state index contributed by atoms with van der Waals surface area (Å²) in [5.41, 5.74) is 1.17. The predicted octanol–water partition coefficient (Wildman–Crippen LogP) is 2.93. The maximum atomic E-state index is 4.44. The molecule has 1 aliphatic rings. The molecule has 1 fully saturated rings. The molecule has 2 rings (SSSR count). The van der Waals surface area contributed by atoms with Crippen LogP contribution in [0.3, 0.4) is 0 Å². The molecule has 5 nitrogen and oxygen atoms in total. The van der Waals surface area contributed by atoms with Gasteiger partial charge in [0.15, 0.2) is 0 Å². The van der Waals surface area contributed by atoms with Gasteiger partial charge in [0, 0.05) is 25.2 Å². The first-order valence-electron chi connectivity index (χ1n) is 8.14. The van der Waals surface area contributed by atoms with E-state index in [0.717, 1.165) is 18.2 Å². The predicted molar refractivity (Wildman–Crippen MR) is 89.0 cm³/mol. The van der Waals surface area contributed by atoms with Gasteiger partial charge in [-0.1, -0.05) is 20.3 Å². The molecule has 0 aromatic carbocycles. The third-order valence-electron chi connectivity index (χ3n) is 4.28. The lowest BCUT2D eigenvalue weighted by molar-refractivity contribution is 0.180. The van der Waals surface area contributed by atoms with Crippen LogP contribution in [-0.4, -0.2) is 47.6 Å². The Morgan fingerprint density at radius 2 is 1.76 bits per heavy atom. The summed E-state index contributed by atoms with van der Waals surface area (Å²) in [6.45, 7) is 10.0. The SMILES string of the molecule is CNc1ncnc(NCC(C)N2CCCCC2)c1C(C)C. The third-order valence-corrected chi connectivity index (χ3v) is 4.28. The van der Waals surface area contributed by atoms with Crippen molar-refractivity contribution in [2.75, 3.05) is 37.3 Å². The van der Waals surface area contributed by atoms with E-state index in [9.17, 15) is 0 Å². The molecule has 2 N–H and O–H groups in total. The highest BCUT2D eigenvalue weighted by molar-refractivity contribution is 5.58. The normalized spacial score (nSPS) is 17.8. The van der Waals surface area contributed by atoms with Gasteiger partial charge in [0.1, 0.15) is 18.0 Å². The molecule has 118 valence electrons. The molecular formula is C16H29N5. The quantitative estimate of drug-likeness (QED) is 0.844. The fourth-order valence-corrected chi connectivity index (χ4v) is 3.02. The summed E-state index contributed by atoms with van der Waals surface area (Å²) in [4.78, 5) is 11.3. The van der Waals surface area contributed by atoms with Crippen molar-refractivity contribution < 1.29 is 0 Å². The fourth-order valence-electron chi connectivity index (χ4n) is 3.02. The van der Waals surface area contributed by atoms with Gasteiger partial charge in [-0.05, 0) is 38.8 Å². The molecule has 0 spiro atoms. The van der Waals surface area contributed by atoms with Gasteiger partial charge in [0.25, 0.3) is 0 Å². The summed E-state index contributed by atoms with van der Waals surface area (Å²) < 4.78 is 0. The number of piperidine rings is 1. The molecule has 1 unspecified atom stereocenters. The Hall–Kier alpha value is -1.36. The van der Waals surface area contributed by atoms with Gasteiger partial charge in [0.2, 0.25) is 0 Å². The van der Waals surface area contributed by atoms with Crippen molar-refractivity contribution in [1.29, 1.82) is 0 Å². The molecular weight excluding hydrogens is 262 g/mol. The van der Waals surface area contributed by atoms with Crippen molar-refractivity contribution in [3.8, 4) is 0 Å². The summed E-state index contributed by atoms with van der Waals surface area (Å²) in [5, 5.41) is 6.70. The molecule has 1 aromatic rings. The average Bonchev–Trinajstić information content (AvgIpc) is 2.52. The Balaban J connectivity index is 2.02. The highest BCUT2D eigenvalue weighted by atomic mass is 15.2. The molecule has 0 aliphatic carbocycles. The van der Waals surface area contributed by atoms with Crippen LogP contribution in [0, 0.1) is 0 Å². The standard InChI is InChI=1S/C16H29N5/c1-12(2)14-15(17-4)19-11-20-16(14)18-10-13(3)21-8-6-5-7-9-21/h11-13H,5-10H2,1-4H3,(H2,17,18,19,20). The van der Waals surface area contributed by atoms with Gasteiger partial charge in [-0.15, -0.1) is 0 Å². The molecule has 5 heteroatoms. The number of aromatic nitrogens is 2. The van der Waals surface area contributed by atoms with E-state index in [2.05, 4.69) is 46.3 Å². The second-order valence-corrected chi connectivity index (χ2v) is 6.22. The summed E-state index contributed by atoms with van der Waals surface area (Å²) >= 11 is 0. The molecule has 21 heavy (non-hydrogen) atoms. The van der Waals surface area contributed by atoms with Crippen LogP contribution < -0.4 is 10.6 Å². The zero-order chi connectivity index (χ0) is 15.2. The van der Waals surface area contributed by atoms with Gasteiger partial charge in [-0.25, -0.2) is 9.97 Å². The lowest BCUT2D eigenvalue weighted by Gasteiger charge is -2.32. The minimum Gasteiger partial charge on any atom is -0.373 e. The Morgan fingerprint density at radius 3 is 2.38 bits per heavy atom. The average molecular weight is 291 g/mol. The van der Waals surface area contributed by atoms with E-state index >= 15 is 0 Å². The van der Waals surface area contributed by atoms with Crippen LogP contribution in [-0.2, 0) is 0 Å². The second kappa shape index (κ2) is 7.59.